The Hall–Kier alpha value is -0.120. The van der Waals surface area contributed by atoms with Crippen LogP contribution in [-0.4, -0.2) is 54.6 Å². The fraction of sp³-hybridized carbons (Fsp3) is 1.00. The normalized spacial score (nSPS) is 40.9. The van der Waals surface area contributed by atoms with E-state index in [0.717, 1.165) is 13.1 Å². The molecule has 2 heterocycles. The molecule has 0 amide bonds. The van der Waals surface area contributed by atoms with Gasteiger partial charge in [-0.1, -0.05) is 0 Å². The summed E-state index contributed by atoms with van der Waals surface area (Å²) in [5, 5.41) is 0. The van der Waals surface area contributed by atoms with Gasteiger partial charge in [-0.2, -0.15) is 0 Å². The van der Waals surface area contributed by atoms with Gasteiger partial charge < -0.3 is 10.6 Å². The van der Waals surface area contributed by atoms with Crippen LogP contribution in [-0.2, 0) is 0 Å². The summed E-state index contributed by atoms with van der Waals surface area (Å²) in [5.41, 5.74) is 6.30. The van der Waals surface area contributed by atoms with Crippen LogP contribution in [0, 0.1) is 0 Å². The first-order valence-corrected chi connectivity index (χ1v) is 5.83. The van der Waals surface area contributed by atoms with Gasteiger partial charge in [0, 0.05) is 24.7 Å². The van der Waals surface area contributed by atoms with Crippen molar-refractivity contribution in [3.8, 4) is 0 Å². The van der Waals surface area contributed by atoms with Crippen molar-refractivity contribution in [3.63, 3.8) is 0 Å². The molecule has 3 nitrogen and oxygen atoms in total. The lowest BCUT2D eigenvalue weighted by molar-refractivity contribution is 0.132. The van der Waals surface area contributed by atoms with Gasteiger partial charge in [0.15, 0.2) is 0 Å². The molecule has 0 aromatic heterocycles. The molecule has 14 heavy (non-hydrogen) atoms. The molecule has 2 unspecified atom stereocenters. The second-order valence-electron chi connectivity index (χ2n) is 5.09. The zero-order valence-electron chi connectivity index (χ0n) is 9.50. The highest BCUT2D eigenvalue weighted by Crippen LogP contribution is 2.32. The molecule has 0 bridgehead atoms. The highest BCUT2D eigenvalue weighted by atomic mass is 15.3. The lowest BCUT2D eigenvalue weighted by atomic mass is 9.94. The van der Waals surface area contributed by atoms with Crippen LogP contribution in [0.15, 0.2) is 0 Å². The van der Waals surface area contributed by atoms with Gasteiger partial charge in [-0.15, -0.1) is 0 Å². The highest BCUT2D eigenvalue weighted by molar-refractivity contribution is 5.03. The summed E-state index contributed by atoms with van der Waals surface area (Å²) in [7, 11) is 2.22. The number of nitrogens with two attached hydrogens (primary N) is 1. The minimum atomic E-state index is 0.296. The van der Waals surface area contributed by atoms with Gasteiger partial charge >= 0.3 is 0 Å². The zero-order chi connectivity index (χ0) is 10.2. The van der Waals surface area contributed by atoms with Crippen molar-refractivity contribution in [2.45, 2.75) is 37.8 Å². The van der Waals surface area contributed by atoms with E-state index in [4.69, 9.17) is 5.73 Å². The van der Waals surface area contributed by atoms with Gasteiger partial charge in [-0.05, 0) is 46.3 Å². The van der Waals surface area contributed by atoms with E-state index in [1.807, 2.05) is 0 Å². The summed E-state index contributed by atoms with van der Waals surface area (Å²) in [6.45, 7) is 6.81. The van der Waals surface area contributed by atoms with Crippen molar-refractivity contribution in [3.05, 3.63) is 0 Å². The lowest BCUT2D eigenvalue weighted by Gasteiger charge is -2.37. The van der Waals surface area contributed by atoms with Crippen LogP contribution < -0.4 is 5.73 Å². The Kier molecular flexibility index (Phi) is 2.82. The summed E-state index contributed by atoms with van der Waals surface area (Å²) in [6.07, 6.45) is 3.97. The number of hydrogen-bond acceptors (Lipinski definition) is 3. The predicted molar refractivity (Wildman–Crippen MR) is 59.3 cm³/mol. The Morgan fingerprint density at radius 1 is 1.36 bits per heavy atom. The molecule has 0 spiro atoms. The van der Waals surface area contributed by atoms with Crippen LogP contribution in [0.5, 0.6) is 0 Å². The van der Waals surface area contributed by atoms with Crippen LogP contribution in [0.25, 0.3) is 0 Å². The van der Waals surface area contributed by atoms with E-state index in [2.05, 4.69) is 23.8 Å². The molecule has 2 aliphatic rings. The van der Waals surface area contributed by atoms with Crippen molar-refractivity contribution in [1.82, 2.24) is 9.80 Å². The summed E-state index contributed by atoms with van der Waals surface area (Å²) in [5.74, 6) is 0. The van der Waals surface area contributed by atoms with E-state index in [1.54, 1.807) is 0 Å². The lowest BCUT2D eigenvalue weighted by Crippen LogP contribution is -2.54. The van der Waals surface area contributed by atoms with Crippen molar-refractivity contribution in [1.29, 1.82) is 0 Å². The van der Waals surface area contributed by atoms with E-state index in [0.29, 0.717) is 11.6 Å². The molecule has 3 heteroatoms. The van der Waals surface area contributed by atoms with Crippen LogP contribution in [0.2, 0.25) is 0 Å². The molecule has 2 N–H and O–H groups in total. The minimum absolute atomic E-state index is 0.296. The van der Waals surface area contributed by atoms with Crippen molar-refractivity contribution in [2.75, 3.05) is 33.2 Å². The number of rotatable bonds is 2. The van der Waals surface area contributed by atoms with Crippen LogP contribution in [0.4, 0.5) is 0 Å². The molecule has 0 radical (unpaired) electrons. The predicted octanol–water partition coefficient (Wildman–Crippen LogP) is 0.504. The fourth-order valence-electron chi connectivity index (χ4n) is 3.09. The molecule has 2 fully saturated rings. The van der Waals surface area contributed by atoms with E-state index >= 15 is 0 Å². The van der Waals surface area contributed by atoms with Crippen molar-refractivity contribution in [2.24, 2.45) is 5.73 Å². The number of hydrogen-bond donors (Lipinski definition) is 1. The first kappa shape index (κ1) is 10.4. The Morgan fingerprint density at radius 2 is 2.00 bits per heavy atom. The monoisotopic (exact) mass is 197 g/mol. The van der Waals surface area contributed by atoms with E-state index < -0.39 is 0 Å². The zero-order valence-corrected chi connectivity index (χ0v) is 9.50. The summed E-state index contributed by atoms with van der Waals surface area (Å²) >= 11 is 0. The quantitative estimate of drug-likeness (QED) is 0.700. The maximum absolute atomic E-state index is 6.00. The van der Waals surface area contributed by atoms with Gasteiger partial charge in [0.05, 0.1) is 0 Å². The number of nitrogens with zero attached hydrogens (tertiary/aromatic N) is 2. The molecule has 0 aliphatic carbocycles. The Morgan fingerprint density at radius 3 is 2.43 bits per heavy atom. The van der Waals surface area contributed by atoms with Gasteiger partial charge in [-0.3, -0.25) is 4.90 Å². The maximum Gasteiger partial charge on any atom is 0.0473 e. The fourth-order valence-corrected chi connectivity index (χ4v) is 3.09. The minimum Gasteiger partial charge on any atom is -0.329 e. The molecule has 82 valence electrons. The summed E-state index contributed by atoms with van der Waals surface area (Å²) in [4.78, 5) is 5.08. The molecule has 0 saturated carbocycles. The SMILES string of the molecule is CC1CC(CN)(N2CCCC2)CN1C. The summed E-state index contributed by atoms with van der Waals surface area (Å²) < 4.78 is 0. The van der Waals surface area contributed by atoms with E-state index in [9.17, 15) is 0 Å². The van der Waals surface area contributed by atoms with Crippen LogP contribution >= 0.6 is 0 Å². The first-order valence-electron chi connectivity index (χ1n) is 5.83. The van der Waals surface area contributed by atoms with Crippen LogP contribution in [0.3, 0.4) is 0 Å². The van der Waals surface area contributed by atoms with Gasteiger partial charge in [-0.25, -0.2) is 0 Å². The molecule has 0 aromatic rings. The standard InChI is InChI=1S/C11H23N3/c1-10-7-11(8-12,9-13(10)2)14-5-3-4-6-14/h10H,3-9,12H2,1-2H3. The van der Waals surface area contributed by atoms with Crippen molar-refractivity contribution < 1.29 is 0 Å². The maximum atomic E-state index is 6.00. The molecule has 2 aliphatic heterocycles. The third kappa shape index (κ3) is 1.58. The van der Waals surface area contributed by atoms with Crippen molar-refractivity contribution >= 4 is 0 Å². The molecular weight excluding hydrogens is 174 g/mol. The summed E-state index contributed by atoms with van der Waals surface area (Å²) in [6, 6.07) is 0.694. The van der Waals surface area contributed by atoms with Gasteiger partial charge in [0.25, 0.3) is 0 Å². The van der Waals surface area contributed by atoms with Crippen LogP contribution in [0.1, 0.15) is 26.2 Å². The molecule has 2 atom stereocenters. The second-order valence-corrected chi connectivity index (χ2v) is 5.09. The topological polar surface area (TPSA) is 32.5 Å². The second kappa shape index (κ2) is 3.80. The first-order chi connectivity index (χ1) is 6.68. The molecule has 2 saturated heterocycles. The molecular formula is C11H23N3. The largest absolute Gasteiger partial charge is 0.329 e. The molecule has 0 aromatic carbocycles. The average Bonchev–Trinajstić information content (AvgIpc) is 2.76. The Balaban J connectivity index is 2.10. The Bertz CT molecular complexity index is 189. The third-order valence-corrected chi connectivity index (χ3v) is 4.13. The average molecular weight is 197 g/mol. The third-order valence-electron chi connectivity index (χ3n) is 4.13. The smallest absolute Gasteiger partial charge is 0.0473 e. The van der Waals surface area contributed by atoms with Gasteiger partial charge in [0.1, 0.15) is 0 Å². The van der Waals surface area contributed by atoms with E-state index in [1.165, 1.54) is 32.4 Å². The van der Waals surface area contributed by atoms with Gasteiger partial charge in [0.2, 0.25) is 0 Å². The Labute approximate surface area is 87.2 Å². The molecule has 2 rings (SSSR count). The van der Waals surface area contributed by atoms with E-state index in [-0.39, 0.29) is 0 Å². The highest BCUT2D eigenvalue weighted by Gasteiger charge is 2.44. The number of likely N-dealkylation sites (N-methyl/N-ethyl adjacent to an activating group) is 1. The number of likely N-dealkylation sites (tertiary alicyclic amines) is 2.